The molecule has 2 aromatic rings. The summed E-state index contributed by atoms with van der Waals surface area (Å²) in [5.74, 6) is 0.912. The van der Waals surface area contributed by atoms with Crippen molar-refractivity contribution >= 4 is 17.7 Å². The zero-order valence-electron chi connectivity index (χ0n) is 13.4. The zero-order valence-corrected chi connectivity index (χ0v) is 14.2. The molecule has 1 atom stereocenters. The Morgan fingerprint density at radius 2 is 2.00 bits per heavy atom. The van der Waals surface area contributed by atoms with E-state index in [9.17, 15) is 9.18 Å². The van der Waals surface area contributed by atoms with Gasteiger partial charge in [-0.2, -0.15) is 0 Å². The predicted octanol–water partition coefficient (Wildman–Crippen LogP) is 3.46. The largest absolute Gasteiger partial charge is 0.468 e. The number of nitrogens with one attached hydrogen (secondary N) is 1. The number of likely N-dealkylation sites (tertiary alicyclic amines) is 1. The van der Waals surface area contributed by atoms with E-state index in [0.29, 0.717) is 12.3 Å². The monoisotopic (exact) mass is 348 g/mol. The average Bonchev–Trinajstić information content (AvgIpc) is 3.29. The van der Waals surface area contributed by atoms with Crippen molar-refractivity contribution in [2.45, 2.75) is 23.8 Å². The molecule has 2 heterocycles. The Balaban J connectivity index is 1.50. The molecule has 1 saturated heterocycles. The Morgan fingerprint density at radius 1 is 1.25 bits per heavy atom. The highest BCUT2D eigenvalue weighted by molar-refractivity contribution is 8.00. The van der Waals surface area contributed by atoms with Gasteiger partial charge in [-0.3, -0.25) is 9.69 Å². The Labute approximate surface area is 145 Å². The Bertz CT molecular complexity index is 640. The number of rotatable bonds is 7. The number of amides is 1. The number of hydrogen-bond acceptors (Lipinski definition) is 4. The maximum atomic E-state index is 12.9. The minimum absolute atomic E-state index is 0.0277. The first-order valence-corrected chi connectivity index (χ1v) is 9.13. The Morgan fingerprint density at radius 3 is 2.67 bits per heavy atom. The molecule has 0 spiro atoms. The fourth-order valence-electron chi connectivity index (χ4n) is 2.89. The van der Waals surface area contributed by atoms with Crippen molar-refractivity contribution in [3.05, 3.63) is 54.2 Å². The molecule has 4 nitrogen and oxygen atoms in total. The van der Waals surface area contributed by atoms with Crippen LogP contribution >= 0.6 is 11.8 Å². The summed E-state index contributed by atoms with van der Waals surface area (Å²) in [6, 6.07) is 10.1. The topological polar surface area (TPSA) is 45.5 Å². The van der Waals surface area contributed by atoms with Gasteiger partial charge in [0, 0.05) is 11.4 Å². The lowest BCUT2D eigenvalue weighted by Gasteiger charge is -2.25. The van der Waals surface area contributed by atoms with Crippen molar-refractivity contribution in [1.82, 2.24) is 10.2 Å². The Kier molecular flexibility index (Phi) is 5.93. The molecule has 1 fully saturated rings. The van der Waals surface area contributed by atoms with Crippen LogP contribution in [0, 0.1) is 5.82 Å². The summed E-state index contributed by atoms with van der Waals surface area (Å²) in [5.41, 5.74) is 0. The van der Waals surface area contributed by atoms with E-state index in [-0.39, 0.29) is 17.8 Å². The third-order valence-corrected chi connectivity index (χ3v) is 5.14. The zero-order chi connectivity index (χ0) is 16.8. The summed E-state index contributed by atoms with van der Waals surface area (Å²) in [4.78, 5) is 15.4. The third-order valence-electron chi connectivity index (χ3n) is 4.13. The second-order valence-corrected chi connectivity index (χ2v) is 6.87. The molecule has 0 aliphatic carbocycles. The second kappa shape index (κ2) is 8.35. The smallest absolute Gasteiger partial charge is 0.230 e. The number of benzene rings is 1. The first kappa shape index (κ1) is 17.0. The van der Waals surface area contributed by atoms with Crippen LogP contribution < -0.4 is 5.32 Å². The number of nitrogens with zero attached hydrogens (tertiary/aromatic N) is 1. The van der Waals surface area contributed by atoms with E-state index >= 15 is 0 Å². The van der Waals surface area contributed by atoms with Crippen LogP contribution in [0.25, 0.3) is 0 Å². The predicted molar refractivity (Wildman–Crippen MR) is 92.4 cm³/mol. The van der Waals surface area contributed by atoms with E-state index in [0.717, 1.165) is 23.7 Å². The lowest BCUT2D eigenvalue weighted by molar-refractivity contribution is -0.118. The Hall–Kier alpha value is -1.79. The highest BCUT2D eigenvalue weighted by Crippen LogP contribution is 2.25. The minimum Gasteiger partial charge on any atom is -0.468 e. The van der Waals surface area contributed by atoms with Crippen molar-refractivity contribution in [2.24, 2.45) is 0 Å². The molecule has 6 heteroatoms. The van der Waals surface area contributed by atoms with E-state index < -0.39 is 0 Å². The van der Waals surface area contributed by atoms with Gasteiger partial charge in [0.05, 0.1) is 18.1 Å². The second-order valence-electron chi connectivity index (χ2n) is 5.82. The van der Waals surface area contributed by atoms with Crippen LogP contribution in [0.5, 0.6) is 0 Å². The van der Waals surface area contributed by atoms with Gasteiger partial charge in [-0.15, -0.1) is 11.8 Å². The standard InChI is InChI=1S/C18H21FN2O2S/c19-14-5-7-15(8-6-14)24-13-18(22)20-12-16(17-4-3-11-23-17)21-9-1-2-10-21/h3-8,11,16H,1-2,9-10,12-13H2,(H,20,22)/t16-/m0/s1. The van der Waals surface area contributed by atoms with E-state index in [1.165, 1.54) is 36.7 Å². The van der Waals surface area contributed by atoms with E-state index in [1.807, 2.05) is 12.1 Å². The molecule has 1 aromatic heterocycles. The van der Waals surface area contributed by atoms with Gasteiger partial charge in [0.2, 0.25) is 5.91 Å². The molecule has 1 aliphatic rings. The summed E-state index contributed by atoms with van der Waals surface area (Å²) in [5, 5.41) is 2.99. The van der Waals surface area contributed by atoms with Crippen molar-refractivity contribution in [2.75, 3.05) is 25.4 Å². The SMILES string of the molecule is O=C(CSc1ccc(F)cc1)NC[C@@H](c1ccco1)N1CCCC1. The van der Waals surface area contributed by atoms with Crippen LogP contribution in [0.4, 0.5) is 4.39 Å². The molecule has 1 aliphatic heterocycles. The van der Waals surface area contributed by atoms with E-state index in [2.05, 4.69) is 10.2 Å². The number of carbonyl (C=O) groups is 1. The normalized spacial score (nSPS) is 16.2. The van der Waals surface area contributed by atoms with Crippen LogP contribution in [0.2, 0.25) is 0 Å². The lowest BCUT2D eigenvalue weighted by atomic mass is 10.2. The van der Waals surface area contributed by atoms with Gasteiger partial charge in [0.15, 0.2) is 0 Å². The van der Waals surface area contributed by atoms with Gasteiger partial charge in [0.1, 0.15) is 11.6 Å². The molecule has 0 saturated carbocycles. The minimum atomic E-state index is -0.268. The number of furan rings is 1. The fraction of sp³-hybridized carbons (Fsp3) is 0.389. The summed E-state index contributed by atoms with van der Waals surface area (Å²) in [6.07, 6.45) is 4.04. The number of halogens is 1. The van der Waals surface area contributed by atoms with Gasteiger partial charge in [-0.05, 0) is 62.3 Å². The summed E-state index contributed by atoms with van der Waals surface area (Å²) < 4.78 is 18.4. The van der Waals surface area contributed by atoms with Crippen LogP contribution in [0.15, 0.2) is 52.0 Å². The average molecular weight is 348 g/mol. The van der Waals surface area contributed by atoms with Crippen molar-refractivity contribution in [1.29, 1.82) is 0 Å². The van der Waals surface area contributed by atoms with Crippen molar-refractivity contribution < 1.29 is 13.6 Å². The summed E-state index contributed by atoms with van der Waals surface area (Å²) in [7, 11) is 0. The molecule has 1 N–H and O–H groups in total. The number of thioether (sulfide) groups is 1. The van der Waals surface area contributed by atoms with Crippen LogP contribution in [-0.4, -0.2) is 36.2 Å². The molecule has 128 valence electrons. The first-order chi connectivity index (χ1) is 11.7. The molecule has 0 unspecified atom stereocenters. The molecule has 3 rings (SSSR count). The highest BCUT2D eigenvalue weighted by Gasteiger charge is 2.25. The highest BCUT2D eigenvalue weighted by atomic mass is 32.2. The van der Waals surface area contributed by atoms with Crippen LogP contribution in [0.3, 0.4) is 0 Å². The van der Waals surface area contributed by atoms with Gasteiger partial charge in [-0.1, -0.05) is 0 Å². The third kappa shape index (κ3) is 4.61. The van der Waals surface area contributed by atoms with Crippen molar-refractivity contribution in [3.63, 3.8) is 0 Å². The molecule has 0 radical (unpaired) electrons. The quantitative estimate of drug-likeness (QED) is 0.779. The molecular formula is C18H21FN2O2S. The van der Waals surface area contributed by atoms with Gasteiger partial charge in [0.25, 0.3) is 0 Å². The summed E-state index contributed by atoms with van der Waals surface area (Å²) >= 11 is 1.40. The van der Waals surface area contributed by atoms with Crippen molar-refractivity contribution in [3.8, 4) is 0 Å². The maximum Gasteiger partial charge on any atom is 0.230 e. The van der Waals surface area contributed by atoms with Gasteiger partial charge in [-0.25, -0.2) is 4.39 Å². The van der Waals surface area contributed by atoms with Crippen LogP contribution in [-0.2, 0) is 4.79 Å². The molecule has 1 aromatic carbocycles. The van der Waals surface area contributed by atoms with Gasteiger partial charge >= 0.3 is 0 Å². The van der Waals surface area contributed by atoms with E-state index in [4.69, 9.17) is 4.42 Å². The maximum absolute atomic E-state index is 12.9. The summed E-state index contributed by atoms with van der Waals surface area (Å²) in [6.45, 7) is 2.60. The first-order valence-electron chi connectivity index (χ1n) is 8.15. The van der Waals surface area contributed by atoms with Crippen LogP contribution in [0.1, 0.15) is 24.6 Å². The number of hydrogen-bond donors (Lipinski definition) is 1. The fourth-order valence-corrected chi connectivity index (χ4v) is 3.61. The van der Waals surface area contributed by atoms with E-state index in [1.54, 1.807) is 18.4 Å². The molecular weight excluding hydrogens is 327 g/mol. The molecule has 24 heavy (non-hydrogen) atoms. The molecule has 0 bridgehead atoms. The molecule has 1 amide bonds. The number of carbonyl (C=O) groups excluding carboxylic acids is 1. The lowest BCUT2D eigenvalue weighted by Crippen LogP contribution is -2.37. The van der Waals surface area contributed by atoms with Gasteiger partial charge < -0.3 is 9.73 Å².